The maximum Gasteiger partial charge on any atom is 0.180 e. The van der Waals surface area contributed by atoms with Gasteiger partial charge in [-0.05, 0) is 38.0 Å². The molecule has 7 nitrogen and oxygen atoms in total. The molecule has 1 fully saturated rings. The quantitative estimate of drug-likeness (QED) is 0.456. The topological polar surface area (TPSA) is 85.2 Å². The lowest BCUT2D eigenvalue weighted by atomic mass is 10.00. The molecular weight excluding hydrogens is 386 g/mol. The number of fused-ring (bicyclic) bond motifs is 2. The second kappa shape index (κ2) is 6.97. The summed E-state index contributed by atoms with van der Waals surface area (Å²) in [6.07, 6.45) is 10.8. The monoisotopic (exact) mass is 409 g/mol. The number of nitrogens with one attached hydrogen (secondary N) is 1. The summed E-state index contributed by atoms with van der Waals surface area (Å²) in [6, 6.07) is 7.99. The highest BCUT2D eigenvalue weighted by Crippen LogP contribution is 2.40. The fraction of sp³-hybridized carbons (Fsp3) is 0.292. The Hall–Kier alpha value is -3.61. The van der Waals surface area contributed by atoms with Gasteiger partial charge in [-0.3, -0.25) is 4.98 Å². The number of hydrogen-bond donors (Lipinski definition) is 1. The minimum absolute atomic E-state index is 0.535. The van der Waals surface area contributed by atoms with Crippen molar-refractivity contribution >= 4 is 22.1 Å². The van der Waals surface area contributed by atoms with Crippen molar-refractivity contribution in [2.45, 2.75) is 38.5 Å². The summed E-state index contributed by atoms with van der Waals surface area (Å²) >= 11 is 0. The van der Waals surface area contributed by atoms with E-state index in [4.69, 9.17) is 9.97 Å². The van der Waals surface area contributed by atoms with E-state index in [2.05, 4.69) is 43.8 Å². The second-order valence-electron chi connectivity index (χ2n) is 8.39. The van der Waals surface area contributed by atoms with Crippen LogP contribution in [0.4, 0.5) is 0 Å². The average molecular weight is 409 g/mol. The SMILES string of the molecule is Cc1cccc(-c2nc(-c3cn(C)c4c(C5CCCC5)nccc34)c3nc[nH]c3n2)n1. The van der Waals surface area contributed by atoms with Crippen molar-refractivity contribution in [3.8, 4) is 22.8 Å². The van der Waals surface area contributed by atoms with Crippen LogP contribution in [0.25, 0.3) is 44.8 Å². The smallest absolute Gasteiger partial charge is 0.180 e. The van der Waals surface area contributed by atoms with Crippen molar-refractivity contribution in [3.63, 3.8) is 0 Å². The van der Waals surface area contributed by atoms with Crippen molar-refractivity contribution in [1.82, 2.24) is 34.5 Å². The minimum atomic E-state index is 0.535. The van der Waals surface area contributed by atoms with E-state index in [1.54, 1.807) is 6.33 Å². The van der Waals surface area contributed by atoms with Crippen molar-refractivity contribution in [2.75, 3.05) is 0 Å². The number of aromatic amines is 1. The summed E-state index contributed by atoms with van der Waals surface area (Å²) in [5.74, 6) is 1.13. The first-order chi connectivity index (χ1) is 15.2. The van der Waals surface area contributed by atoms with Crippen molar-refractivity contribution in [3.05, 3.63) is 54.4 Å². The van der Waals surface area contributed by atoms with Crippen LogP contribution in [0, 0.1) is 6.92 Å². The third kappa shape index (κ3) is 2.91. The maximum atomic E-state index is 4.96. The molecule has 154 valence electrons. The molecule has 0 unspecified atom stereocenters. The van der Waals surface area contributed by atoms with Gasteiger partial charge < -0.3 is 9.55 Å². The molecule has 5 aromatic heterocycles. The van der Waals surface area contributed by atoms with Gasteiger partial charge in [-0.1, -0.05) is 18.9 Å². The van der Waals surface area contributed by atoms with Gasteiger partial charge in [0.2, 0.25) is 0 Å². The lowest BCUT2D eigenvalue weighted by Crippen LogP contribution is -2.00. The molecule has 0 aromatic carbocycles. The molecule has 0 radical (unpaired) electrons. The van der Waals surface area contributed by atoms with Gasteiger partial charge in [-0.25, -0.2) is 19.9 Å². The highest BCUT2D eigenvalue weighted by atomic mass is 15.0. The van der Waals surface area contributed by atoms with Gasteiger partial charge in [0.05, 0.1) is 17.5 Å². The summed E-state index contributed by atoms with van der Waals surface area (Å²) < 4.78 is 2.19. The molecule has 1 saturated carbocycles. The molecule has 0 amide bonds. The van der Waals surface area contributed by atoms with Crippen LogP contribution in [0.5, 0.6) is 0 Å². The molecule has 1 aliphatic rings. The van der Waals surface area contributed by atoms with Crippen molar-refractivity contribution in [2.24, 2.45) is 7.05 Å². The van der Waals surface area contributed by atoms with E-state index in [9.17, 15) is 0 Å². The third-order valence-corrected chi connectivity index (χ3v) is 6.31. The number of hydrogen-bond acceptors (Lipinski definition) is 5. The Morgan fingerprint density at radius 1 is 1.03 bits per heavy atom. The number of aryl methyl sites for hydroxylation is 2. The lowest BCUT2D eigenvalue weighted by Gasteiger charge is -2.11. The molecule has 5 aromatic rings. The second-order valence-corrected chi connectivity index (χ2v) is 8.39. The summed E-state index contributed by atoms with van der Waals surface area (Å²) in [7, 11) is 2.10. The minimum Gasteiger partial charge on any atom is -0.348 e. The van der Waals surface area contributed by atoms with E-state index >= 15 is 0 Å². The number of imidazole rings is 1. The highest BCUT2D eigenvalue weighted by molar-refractivity contribution is 6.02. The molecular formula is C24H23N7. The Labute approximate surface area is 179 Å². The van der Waals surface area contributed by atoms with Crippen molar-refractivity contribution < 1.29 is 0 Å². The molecule has 1 aliphatic carbocycles. The lowest BCUT2D eigenvalue weighted by molar-refractivity contribution is 0.699. The van der Waals surface area contributed by atoms with Gasteiger partial charge in [0.1, 0.15) is 16.9 Å². The third-order valence-electron chi connectivity index (χ3n) is 6.31. The molecule has 5 heterocycles. The Bertz CT molecular complexity index is 1420. The van der Waals surface area contributed by atoms with E-state index in [1.807, 2.05) is 31.3 Å². The van der Waals surface area contributed by atoms with Gasteiger partial charge in [0, 0.05) is 42.0 Å². The number of nitrogens with zero attached hydrogens (tertiary/aromatic N) is 6. The Morgan fingerprint density at radius 2 is 1.90 bits per heavy atom. The van der Waals surface area contributed by atoms with Gasteiger partial charge in [0.25, 0.3) is 0 Å². The molecule has 31 heavy (non-hydrogen) atoms. The van der Waals surface area contributed by atoms with E-state index < -0.39 is 0 Å². The van der Waals surface area contributed by atoms with Crippen molar-refractivity contribution in [1.29, 1.82) is 0 Å². The van der Waals surface area contributed by atoms with Crippen LogP contribution in [-0.4, -0.2) is 34.5 Å². The van der Waals surface area contributed by atoms with Gasteiger partial charge >= 0.3 is 0 Å². The largest absolute Gasteiger partial charge is 0.348 e. The zero-order chi connectivity index (χ0) is 20.9. The van der Waals surface area contributed by atoms with E-state index in [0.717, 1.165) is 33.5 Å². The first-order valence-corrected chi connectivity index (χ1v) is 10.8. The first kappa shape index (κ1) is 18.2. The summed E-state index contributed by atoms with van der Waals surface area (Å²) in [4.78, 5) is 26.8. The van der Waals surface area contributed by atoms with Crippen LogP contribution in [0.3, 0.4) is 0 Å². The standard InChI is InChI=1S/C24H23N7/c1-14-6-5-9-18(28-14)23-29-20(21-24(30-23)27-13-26-21)17-12-31(2)22-16(17)10-11-25-19(22)15-7-3-4-8-15/h5-6,9-13,15H,3-4,7-8H2,1-2H3,(H,26,27,29,30). The molecule has 0 atom stereocenters. The summed E-state index contributed by atoms with van der Waals surface area (Å²) in [6.45, 7) is 1.97. The zero-order valence-electron chi connectivity index (χ0n) is 17.6. The zero-order valence-corrected chi connectivity index (χ0v) is 17.6. The fourth-order valence-corrected chi connectivity index (χ4v) is 4.88. The molecule has 0 aliphatic heterocycles. The normalized spacial score (nSPS) is 14.8. The Kier molecular flexibility index (Phi) is 4.09. The van der Waals surface area contributed by atoms with E-state index in [0.29, 0.717) is 17.4 Å². The van der Waals surface area contributed by atoms with Crippen LogP contribution in [-0.2, 0) is 7.05 Å². The van der Waals surface area contributed by atoms with E-state index in [1.165, 1.54) is 36.9 Å². The number of H-pyrrole nitrogens is 1. The predicted octanol–water partition coefficient (Wildman–Crippen LogP) is 4.93. The summed E-state index contributed by atoms with van der Waals surface area (Å²) in [5.41, 5.74) is 7.44. The maximum absolute atomic E-state index is 4.96. The van der Waals surface area contributed by atoms with Crippen LogP contribution in [0.2, 0.25) is 0 Å². The molecule has 0 bridgehead atoms. The van der Waals surface area contributed by atoms with E-state index in [-0.39, 0.29) is 0 Å². The van der Waals surface area contributed by atoms with Crippen LogP contribution < -0.4 is 0 Å². The predicted molar refractivity (Wildman–Crippen MR) is 121 cm³/mol. The first-order valence-electron chi connectivity index (χ1n) is 10.8. The highest BCUT2D eigenvalue weighted by Gasteiger charge is 2.24. The van der Waals surface area contributed by atoms with Gasteiger partial charge in [-0.2, -0.15) is 0 Å². The molecule has 0 spiro atoms. The van der Waals surface area contributed by atoms with Crippen LogP contribution in [0.15, 0.2) is 43.0 Å². The van der Waals surface area contributed by atoms with Crippen LogP contribution >= 0.6 is 0 Å². The Morgan fingerprint density at radius 3 is 2.74 bits per heavy atom. The number of pyridine rings is 2. The number of aromatic nitrogens is 7. The van der Waals surface area contributed by atoms with Gasteiger partial charge in [0.15, 0.2) is 11.5 Å². The molecule has 7 heteroatoms. The average Bonchev–Trinajstić information content (AvgIpc) is 3.53. The summed E-state index contributed by atoms with van der Waals surface area (Å²) in [5, 5.41) is 1.16. The molecule has 0 saturated heterocycles. The molecule has 1 N–H and O–H groups in total. The Balaban J connectivity index is 1.60. The van der Waals surface area contributed by atoms with Gasteiger partial charge in [-0.15, -0.1) is 0 Å². The fourth-order valence-electron chi connectivity index (χ4n) is 4.88. The van der Waals surface area contributed by atoms with Crippen LogP contribution in [0.1, 0.15) is 43.0 Å². The number of rotatable bonds is 3. The molecule has 6 rings (SSSR count).